The van der Waals surface area contributed by atoms with E-state index in [-0.39, 0.29) is 26.0 Å². The first-order chi connectivity index (χ1) is 20.7. The lowest BCUT2D eigenvalue weighted by atomic mass is 10.1. The number of carbonyl (C=O) groups is 1. The van der Waals surface area contributed by atoms with Gasteiger partial charge in [-0.15, -0.1) is 0 Å². The summed E-state index contributed by atoms with van der Waals surface area (Å²) in [5.41, 5.74) is 3.35. The van der Waals surface area contributed by atoms with Gasteiger partial charge in [0.05, 0.1) is 26.2 Å². The molecule has 0 aromatic heterocycles. The van der Waals surface area contributed by atoms with E-state index in [0.29, 0.717) is 10.6 Å². The Morgan fingerprint density at radius 1 is 0.886 bits per heavy atom. The smallest absolute Gasteiger partial charge is 0.339 e. The van der Waals surface area contributed by atoms with E-state index in [2.05, 4.69) is 5.32 Å². The number of carbonyl (C=O) groups excluding carboxylic acids is 1. The number of nitro groups is 1. The van der Waals surface area contributed by atoms with Gasteiger partial charge in [0.1, 0.15) is 4.90 Å². The van der Waals surface area contributed by atoms with Crippen LogP contribution >= 0.6 is 11.8 Å². The van der Waals surface area contributed by atoms with Crippen molar-refractivity contribution in [2.75, 3.05) is 5.32 Å². The van der Waals surface area contributed by atoms with Crippen molar-refractivity contribution in [2.24, 2.45) is 0 Å². The van der Waals surface area contributed by atoms with Gasteiger partial charge in [-0.1, -0.05) is 53.7 Å². The molecule has 4 aromatic rings. The average molecular weight is 651 g/mol. The molecule has 1 N–H and O–H groups in total. The maximum atomic E-state index is 13.3. The van der Waals surface area contributed by atoms with E-state index < -0.39 is 42.2 Å². The summed E-state index contributed by atoms with van der Waals surface area (Å²) in [6.07, 6.45) is 1.39. The number of anilines is 1. The second-order valence-corrected chi connectivity index (χ2v) is 14.8. The standard InChI is InChI=1S/C31H26N2O8S3/c1-19-7-10-23(11-8-19)44(39,40)41-28-14-9-22(15-27(28)33(35)36)16-30-31(34)32-26-13-12-24(17-29(26)42-30)43(37,38)18-25-20(2)5-4-6-21(25)3/h4-17H,18H2,1-3H3,(H,32,34)/b30-16-. The Bertz CT molecular complexity index is 2050. The van der Waals surface area contributed by atoms with E-state index in [1.54, 1.807) is 19.1 Å². The summed E-state index contributed by atoms with van der Waals surface area (Å²) in [5.74, 6) is -1.15. The van der Waals surface area contributed by atoms with Crippen molar-refractivity contribution < 1.29 is 30.7 Å². The zero-order chi connectivity index (χ0) is 31.8. The van der Waals surface area contributed by atoms with Crippen molar-refractivity contribution in [3.05, 3.63) is 122 Å². The predicted molar refractivity (Wildman–Crippen MR) is 168 cm³/mol. The van der Waals surface area contributed by atoms with Gasteiger partial charge in [0.15, 0.2) is 9.84 Å². The van der Waals surface area contributed by atoms with Crippen LogP contribution in [0.5, 0.6) is 5.75 Å². The zero-order valence-electron chi connectivity index (χ0n) is 23.7. The predicted octanol–water partition coefficient (Wildman–Crippen LogP) is 6.35. The molecule has 5 rings (SSSR count). The Kier molecular flexibility index (Phi) is 8.38. The highest BCUT2D eigenvalue weighted by Crippen LogP contribution is 2.41. The number of nitrogens with zero attached hydrogens (tertiary/aromatic N) is 1. The summed E-state index contributed by atoms with van der Waals surface area (Å²) in [7, 11) is -8.07. The molecule has 10 nitrogen and oxygen atoms in total. The van der Waals surface area contributed by atoms with Crippen LogP contribution in [0, 0.1) is 30.9 Å². The summed E-state index contributed by atoms with van der Waals surface area (Å²) in [6.45, 7) is 5.51. The van der Waals surface area contributed by atoms with Gasteiger partial charge in [0.2, 0.25) is 5.75 Å². The molecule has 0 saturated heterocycles. The van der Waals surface area contributed by atoms with Crippen LogP contribution in [0.15, 0.2) is 98.5 Å². The van der Waals surface area contributed by atoms with Crippen LogP contribution in [0.3, 0.4) is 0 Å². The van der Waals surface area contributed by atoms with Crippen LogP contribution in [0.2, 0.25) is 0 Å². The largest absolute Gasteiger partial charge is 0.372 e. The number of thioether (sulfide) groups is 1. The van der Waals surface area contributed by atoms with Crippen LogP contribution in [0.4, 0.5) is 11.4 Å². The van der Waals surface area contributed by atoms with Crippen LogP contribution in [-0.4, -0.2) is 27.7 Å². The van der Waals surface area contributed by atoms with Crippen LogP contribution < -0.4 is 9.50 Å². The molecule has 0 spiro atoms. The summed E-state index contributed by atoms with van der Waals surface area (Å²) >= 11 is 1.02. The number of nitrogens with one attached hydrogen (secondary N) is 1. The van der Waals surface area contributed by atoms with E-state index >= 15 is 0 Å². The number of hydrogen-bond acceptors (Lipinski definition) is 9. The van der Waals surface area contributed by atoms with Crippen molar-refractivity contribution in [1.29, 1.82) is 0 Å². The second kappa shape index (κ2) is 11.9. The number of fused-ring (bicyclic) bond motifs is 1. The van der Waals surface area contributed by atoms with E-state index in [1.165, 1.54) is 42.5 Å². The Morgan fingerprint density at radius 2 is 1.55 bits per heavy atom. The fourth-order valence-corrected chi connectivity index (χ4v) is 8.12. The summed E-state index contributed by atoms with van der Waals surface area (Å²) < 4.78 is 57.2. The molecular formula is C31H26N2O8S3. The lowest BCUT2D eigenvalue weighted by molar-refractivity contribution is -0.385. The molecule has 0 bridgehead atoms. The first kappa shape index (κ1) is 31.0. The average Bonchev–Trinajstić information content (AvgIpc) is 2.96. The van der Waals surface area contributed by atoms with Gasteiger partial charge in [-0.25, -0.2) is 8.42 Å². The van der Waals surface area contributed by atoms with Gasteiger partial charge in [-0.2, -0.15) is 8.42 Å². The van der Waals surface area contributed by atoms with Crippen molar-refractivity contribution in [3.63, 3.8) is 0 Å². The van der Waals surface area contributed by atoms with Gasteiger partial charge in [-0.05, 0) is 85.5 Å². The number of rotatable bonds is 8. The van der Waals surface area contributed by atoms with Gasteiger partial charge in [-0.3, -0.25) is 14.9 Å². The molecule has 0 unspecified atom stereocenters. The topological polar surface area (TPSA) is 150 Å². The Hall–Kier alpha value is -4.46. The molecule has 0 aliphatic carbocycles. The quantitative estimate of drug-likeness (QED) is 0.0996. The Labute approximate surface area is 259 Å². The molecule has 1 aliphatic heterocycles. The normalized spacial score (nSPS) is 14.2. The van der Waals surface area contributed by atoms with E-state index in [1.807, 2.05) is 32.0 Å². The van der Waals surface area contributed by atoms with Crippen LogP contribution in [0.1, 0.15) is 27.8 Å². The lowest BCUT2D eigenvalue weighted by Crippen LogP contribution is -2.18. The molecule has 13 heteroatoms. The number of amides is 1. The fraction of sp³-hybridized carbons (Fsp3) is 0.129. The molecule has 1 aliphatic rings. The number of sulfone groups is 1. The zero-order valence-corrected chi connectivity index (χ0v) is 26.2. The SMILES string of the molecule is Cc1ccc(S(=O)(=O)Oc2ccc(/C=C3\Sc4cc(S(=O)(=O)Cc5c(C)cccc5C)ccc4NC3=O)cc2[N+](=O)[O-])cc1. The van der Waals surface area contributed by atoms with E-state index in [9.17, 15) is 31.7 Å². The van der Waals surface area contributed by atoms with Crippen LogP contribution in [-0.2, 0) is 30.5 Å². The van der Waals surface area contributed by atoms with E-state index in [4.69, 9.17) is 4.18 Å². The monoisotopic (exact) mass is 650 g/mol. The first-order valence-corrected chi connectivity index (χ1v) is 17.0. The van der Waals surface area contributed by atoms with Crippen molar-refractivity contribution in [1.82, 2.24) is 0 Å². The second-order valence-electron chi connectivity index (χ2n) is 10.2. The van der Waals surface area contributed by atoms with Gasteiger partial charge in [0.25, 0.3) is 5.91 Å². The van der Waals surface area contributed by atoms with Crippen molar-refractivity contribution in [3.8, 4) is 5.75 Å². The molecule has 1 amide bonds. The molecule has 4 aromatic carbocycles. The highest BCUT2D eigenvalue weighted by Gasteiger charge is 2.27. The minimum absolute atomic E-state index is 0.0915. The number of aryl methyl sites for hydroxylation is 3. The highest BCUT2D eigenvalue weighted by molar-refractivity contribution is 8.04. The maximum Gasteiger partial charge on any atom is 0.339 e. The molecule has 0 atom stereocenters. The summed E-state index contributed by atoms with van der Waals surface area (Å²) in [5, 5.41) is 14.6. The van der Waals surface area contributed by atoms with Crippen LogP contribution in [0.25, 0.3) is 6.08 Å². The lowest BCUT2D eigenvalue weighted by Gasteiger charge is -2.20. The Balaban J connectivity index is 1.43. The molecule has 226 valence electrons. The maximum absolute atomic E-state index is 13.3. The van der Waals surface area contributed by atoms with Crippen molar-refractivity contribution in [2.45, 2.75) is 41.2 Å². The van der Waals surface area contributed by atoms with E-state index in [0.717, 1.165) is 46.1 Å². The third-order valence-corrected chi connectivity index (χ3v) is 10.9. The molecular weight excluding hydrogens is 625 g/mol. The van der Waals surface area contributed by atoms with Gasteiger partial charge in [0, 0.05) is 11.0 Å². The highest BCUT2D eigenvalue weighted by atomic mass is 32.2. The number of benzene rings is 4. The third-order valence-electron chi connectivity index (χ3n) is 6.97. The summed E-state index contributed by atoms with van der Waals surface area (Å²) in [4.78, 5) is 24.5. The minimum Gasteiger partial charge on any atom is -0.372 e. The van der Waals surface area contributed by atoms with Gasteiger partial charge >= 0.3 is 15.8 Å². The molecule has 0 saturated carbocycles. The molecule has 0 radical (unpaired) electrons. The van der Waals surface area contributed by atoms with Crippen molar-refractivity contribution >= 4 is 55.1 Å². The van der Waals surface area contributed by atoms with Gasteiger partial charge < -0.3 is 9.50 Å². The third kappa shape index (κ3) is 6.54. The fourth-order valence-electron chi connectivity index (χ4n) is 4.54. The number of hydrogen-bond donors (Lipinski definition) is 1. The minimum atomic E-state index is -4.35. The number of nitro benzene ring substituents is 1. The molecule has 1 heterocycles. The first-order valence-electron chi connectivity index (χ1n) is 13.2. The molecule has 44 heavy (non-hydrogen) atoms. The molecule has 0 fully saturated rings. The summed E-state index contributed by atoms with van der Waals surface area (Å²) in [6, 6.07) is 19.5. The Morgan fingerprint density at radius 3 is 2.20 bits per heavy atom.